The Kier molecular flexibility index (Phi) is 66.5. The van der Waals surface area contributed by atoms with E-state index in [-0.39, 0.29) is 25.7 Å². The quantitative estimate of drug-likeness (QED) is 0.0222. The van der Waals surface area contributed by atoms with Crippen molar-refractivity contribution in [1.29, 1.82) is 0 Å². The van der Waals surface area contributed by atoms with Crippen molar-refractivity contribution >= 4 is 39.5 Å². The van der Waals surface area contributed by atoms with Gasteiger partial charge in [-0.2, -0.15) is 0 Å². The molecule has 2 unspecified atom stereocenters. The summed E-state index contributed by atoms with van der Waals surface area (Å²) < 4.78 is 68.3. The molecule has 0 radical (unpaired) electrons. The molecule has 0 saturated carbocycles. The number of ether oxygens (including phenoxy) is 4. The molecule has 5 atom stereocenters. The van der Waals surface area contributed by atoms with Gasteiger partial charge in [-0.15, -0.1) is 0 Å². The molecule has 0 spiro atoms. The highest BCUT2D eigenvalue weighted by molar-refractivity contribution is 7.47. The molecule has 564 valence electrons. The van der Waals surface area contributed by atoms with Crippen molar-refractivity contribution in [3.8, 4) is 0 Å². The fourth-order valence-electron chi connectivity index (χ4n) is 11.7. The van der Waals surface area contributed by atoms with Crippen LogP contribution in [0.5, 0.6) is 0 Å². The van der Waals surface area contributed by atoms with Gasteiger partial charge < -0.3 is 33.8 Å². The molecule has 0 fully saturated rings. The summed E-state index contributed by atoms with van der Waals surface area (Å²) in [6.07, 6.45) is 55.9. The zero-order valence-corrected chi connectivity index (χ0v) is 63.8. The lowest BCUT2D eigenvalue weighted by atomic mass is 10.0. The fraction of sp³-hybridized carbons (Fsp3) is 0.947. The van der Waals surface area contributed by atoms with E-state index in [2.05, 4.69) is 41.5 Å². The van der Waals surface area contributed by atoms with Gasteiger partial charge in [-0.1, -0.05) is 343 Å². The number of hydrogen-bond acceptors (Lipinski definition) is 15. The molecule has 0 aliphatic heterocycles. The molecule has 0 bridgehead atoms. The van der Waals surface area contributed by atoms with Gasteiger partial charge in [0.2, 0.25) is 0 Å². The second kappa shape index (κ2) is 67.9. The maximum Gasteiger partial charge on any atom is 0.472 e. The molecule has 19 heteroatoms. The van der Waals surface area contributed by atoms with E-state index in [9.17, 15) is 43.2 Å². The van der Waals surface area contributed by atoms with Crippen LogP contribution < -0.4 is 0 Å². The van der Waals surface area contributed by atoms with Crippen LogP contribution in [0.25, 0.3) is 0 Å². The molecule has 3 N–H and O–H groups in total. The van der Waals surface area contributed by atoms with E-state index >= 15 is 0 Å². The zero-order chi connectivity index (χ0) is 70.0. The lowest BCUT2D eigenvalue weighted by Crippen LogP contribution is -2.30. The summed E-state index contributed by atoms with van der Waals surface area (Å²) in [6.45, 7) is 9.54. The second-order valence-corrected chi connectivity index (χ2v) is 31.3. The number of rotatable bonds is 75. The highest BCUT2D eigenvalue weighted by atomic mass is 31.2. The van der Waals surface area contributed by atoms with Gasteiger partial charge in [0, 0.05) is 25.7 Å². The zero-order valence-electron chi connectivity index (χ0n) is 62.0. The molecular formula is C76H148O17P2. The van der Waals surface area contributed by atoms with E-state index in [0.29, 0.717) is 25.7 Å². The van der Waals surface area contributed by atoms with E-state index in [4.69, 9.17) is 37.0 Å². The molecule has 0 aromatic heterocycles. The van der Waals surface area contributed by atoms with Gasteiger partial charge in [0.05, 0.1) is 26.4 Å². The van der Waals surface area contributed by atoms with Gasteiger partial charge in [0.15, 0.2) is 12.2 Å². The highest BCUT2D eigenvalue weighted by Gasteiger charge is 2.30. The molecule has 0 amide bonds. The summed E-state index contributed by atoms with van der Waals surface area (Å²) in [6, 6.07) is 0. The van der Waals surface area contributed by atoms with E-state index in [1.165, 1.54) is 205 Å². The Morgan fingerprint density at radius 2 is 0.484 bits per heavy atom. The molecular weight excluding hydrogens is 1250 g/mol. The van der Waals surface area contributed by atoms with Crippen molar-refractivity contribution in [3.63, 3.8) is 0 Å². The molecule has 0 heterocycles. The average molecular weight is 1400 g/mol. The largest absolute Gasteiger partial charge is 0.472 e. The second-order valence-electron chi connectivity index (χ2n) is 28.3. The summed E-state index contributed by atoms with van der Waals surface area (Å²) in [5, 5.41) is 10.6. The van der Waals surface area contributed by atoms with Crippen molar-refractivity contribution in [2.45, 2.75) is 413 Å². The summed E-state index contributed by atoms with van der Waals surface area (Å²) >= 11 is 0. The van der Waals surface area contributed by atoms with Crippen LogP contribution in [-0.2, 0) is 65.4 Å². The highest BCUT2D eigenvalue weighted by Crippen LogP contribution is 2.45. The van der Waals surface area contributed by atoms with E-state index in [1.54, 1.807) is 0 Å². The Hall–Kier alpha value is -1.94. The van der Waals surface area contributed by atoms with Crippen molar-refractivity contribution in [3.05, 3.63) is 0 Å². The van der Waals surface area contributed by atoms with Crippen LogP contribution in [0.3, 0.4) is 0 Å². The molecule has 95 heavy (non-hydrogen) atoms. The number of phosphoric acid groups is 2. The van der Waals surface area contributed by atoms with Gasteiger partial charge in [-0.3, -0.25) is 37.3 Å². The molecule has 0 aromatic rings. The van der Waals surface area contributed by atoms with Crippen LogP contribution in [0.2, 0.25) is 0 Å². The van der Waals surface area contributed by atoms with Gasteiger partial charge in [0.25, 0.3) is 0 Å². The molecule has 0 rings (SSSR count). The third-order valence-corrected chi connectivity index (χ3v) is 19.6. The number of aliphatic hydroxyl groups excluding tert-OH is 1. The standard InChI is InChI=1S/C76H148O17P2/c1-7-9-11-13-14-15-16-17-22-26-31-36-41-47-53-59-74(79)87-65-72(93-76(81)60-54-48-42-37-32-27-24-21-19-18-20-23-25-29-34-39-45-50-56-68(3)4)67-91-95(84,85)89-63-70(77)62-88-94(82,83)90-66-71(64-86-73(78)58-52-44-12-10-8-2)92-75(80)61-55-49-43-38-33-28-30-35-40-46-51-57-69(5)6/h68-72,77H,7-67H2,1-6H3,(H,82,83)(H,84,85)/t70-,71+,72+/m0/s1. The van der Waals surface area contributed by atoms with Crippen molar-refractivity contribution in [1.82, 2.24) is 0 Å². The minimum Gasteiger partial charge on any atom is -0.462 e. The molecule has 0 aliphatic rings. The third kappa shape index (κ3) is 70.3. The van der Waals surface area contributed by atoms with Crippen LogP contribution in [0.1, 0.15) is 395 Å². The lowest BCUT2D eigenvalue weighted by Gasteiger charge is -2.21. The summed E-state index contributed by atoms with van der Waals surface area (Å²) in [4.78, 5) is 72.5. The monoisotopic (exact) mass is 1400 g/mol. The van der Waals surface area contributed by atoms with Crippen molar-refractivity contribution < 1.29 is 80.2 Å². The number of aliphatic hydroxyl groups is 1. The number of unbranched alkanes of at least 4 members (excludes halogenated alkanes) is 45. The predicted molar refractivity (Wildman–Crippen MR) is 386 cm³/mol. The van der Waals surface area contributed by atoms with Gasteiger partial charge in [0.1, 0.15) is 19.3 Å². The van der Waals surface area contributed by atoms with Crippen LogP contribution in [0.4, 0.5) is 0 Å². The molecule has 0 aliphatic carbocycles. The van der Waals surface area contributed by atoms with Gasteiger partial charge in [-0.25, -0.2) is 9.13 Å². The summed E-state index contributed by atoms with van der Waals surface area (Å²) in [5.74, 6) is -0.540. The minimum absolute atomic E-state index is 0.106. The van der Waals surface area contributed by atoms with Crippen molar-refractivity contribution in [2.75, 3.05) is 39.6 Å². The maximum atomic E-state index is 13.1. The molecule has 0 saturated heterocycles. The van der Waals surface area contributed by atoms with E-state index < -0.39 is 97.5 Å². The Morgan fingerprint density at radius 1 is 0.284 bits per heavy atom. The number of carbonyl (C=O) groups excluding carboxylic acids is 4. The molecule has 17 nitrogen and oxygen atoms in total. The first-order valence-corrected chi connectivity index (χ1v) is 42.5. The first kappa shape index (κ1) is 93.1. The number of hydrogen-bond donors (Lipinski definition) is 3. The van der Waals surface area contributed by atoms with E-state index in [0.717, 1.165) is 108 Å². The lowest BCUT2D eigenvalue weighted by molar-refractivity contribution is -0.161. The first-order chi connectivity index (χ1) is 45.9. The van der Waals surface area contributed by atoms with Gasteiger partial charge >= 0.3 is 39.5 Å². The Morgan fingerprint density at radius 3 is 0.716 bits per heavy atom. The van der Waals surface area contributed by atoms with Gasteiger partial charge in [-0.05, 0) is 37.5 Å². The number of esters is 4. The number of carbonyl (C=O) groups is 4. The van der Waals surface area contributed by atoms with Crippen LogP contribution in [0.15, 0.2) is 0 Å². The van der Waals surface area contributed by atoms with Crippen LogP contribution in [0, 0.1) is 11.8 Å². The summed E-state index contributed by atoms with van der Waals surface area (Å²) in [7, 11) is -9.90. The van der Waals surface area contributed by atoms with Crippen molar-refractivity contribution in [2.24, 2.45) is 11.8 Å². The topological polar surface area (TPSA) is 237 Å². The minimum atomic E-state index is -4.95. The third-order valence-electron chi connectivity index (χ3n) is 17.7. The Balaban J connectivity index is 5.12. The maximum absolute atomic E-state index is 13.1. The van der Waals surface area contributed by atoms with E-state index in [1.807, 2.05) is 0 Å². The Labute approximate surface area is 581 Å². The SMILES string of the molecule is CCCCCCCCCCCCCCCCCC(=O)OC[C@H](COP(=O)(O)OC[C@@H](O)COP(=O)(O)OC[C@@H](COC(=O)CCCCCCC)OC(=O)CCCCCCCCCCCCCC(C)C)OC(=O)CCCCCCCCCCCCCCCCCCCCC(C)C. The predicted octanol–water partition coefficient (Wildman–Crippen LogP) is 22.3. The normalized spacial score (nSPS) is 14.0. The fourth-order valence-corrected chi connectivity index (χ4v) is 13.2. The number of phosphoric ester groups is 2. The Bertz CT molecular complexity index is 1840. The van der Waals surface area contributed by atoms with Crippen LogP contribution >= 0.6 is 15.6 Å². The molecule has 0 aromatic carbocycles. The first-order valence-electron chi connectivity index (χ1n) is 39.5. The summed E-state index contributed by atoms with van der Waals surface area (Å²) in [5.41, 5.74) is 0. The average Bonchev–Trinajstić information content (AvgIpc) is 1.62. The smallest absolute Gasteiger partial charge is 0.462 e. The van der Waals surface area contributed by atoms with Crippen LogP contribution in [-0.4, -0.2) is 96.7 Å².